The molecule has 0 saturated carbocycles. The van der Waals surface area contributed by atoms with E-state index in [1.807, 2.05) is 0 Å². The van der Waals surface area contributed by atoms with Gasteiger partial charge in [-0.05, 0) is 24.1 Å². The van der Waals surface area contributed by atoms with E-state index in [4.69, 9.17) is 4.74 Å². The van der Waals surface area contributed by atoms with Crippen LogP contribution < -0.4 is 4.74 Å². The number of rotatable bonds is 3. The van der Waals surface area contributed by atoms with Crippen LogP contribution in [0.25, 0.3) is 5.65 Å². The van der Waals surface area contributed by atoms with E-state index in [9.17, 15) is 8.78 Å². The molecule has 3 heterocycles. The van der Waals surface area contributed by atoms with E-state index in [1.54, 1.807) is 6.07 Å². The van der Waals surface area contributed by atoms with Gasteiger partial charge in [0.1, 0.15) is 23.7 Å². The maximum absolute atomic E-state index is 14.1. The van der Waals surface area contributed by atoms with E-state index in [0.29, 0.717) is 37.3 Å². The van der Waals surface area contributed by atoms with Crippen molar-refractivity contribution in [3.05, 3.63) is 53.2 Å². The van der Waals surface area contributed by atoms with Crippen molar-refractivity contribution in [3.8, 4) is 5.75 Å². The number of nitrogens with zero attached hydrogens (tertiary/aromatic N) is 4. The van der Waals surface area contributed by atoms with Crippen LogP contribution in [0.1, 0.15) is 17.0 Å². The number of benzene rings is 1. The summed E-state index contributed by atoms with van der Waals surface area (Å²) in [6.07, 6.45) is 4.16. The van der Waals surface area contributed by atoms with Crippen molar-refractivity contribution >= 4 is 5.65 Å². The van der Waals surface area contributed by atoms with E-state index in [2.05, 4.69) is 15.2 Å². The van der Waals surface area contributed by atoms with Crippen LogP contribution in [0.2, 0.25) is 0 Å². The quantitative estimate of drug-likeness (QED) is 0.743. The summed E-state index contributed by atoms with van der Waals surface area (Å²) in [7, 11) is 0. The molecule has 0 amide bonds. The highest BCUT2D eigenvalue weighted by Crippen LogP contribution is 2.30. The summed E-state index contributed by atoms with van der Waals surface area (Å²) >= 11 is 0. The number of hydrogen-bond donors (Lipinski definition) is 0. The van der Waals surface area contributed by atoms with Crippen molar-refractivity contribution in [2.45, 2.75) is 19.3 Å². The average molecular weight is 302 g/mol. The zero-order valence-electron chi connectivity index (χ0n) is 11.6. The molecular formula is C15H12F2N4O. The Morgan fingerprint density at radius 3 is 3.00 bits per heavy atom. The number of aryl methyl sites for hydroxylation is 1. The largest absolute Gasteiger partial charge is 0.493 e. The van der Waals surface area contributed by atoms with Gasteiger partial charge in [0.05, 0.1) is 12.8 Å². The normalized spacial score (nSPS) is 13.4. The van der Waals surface area contributed by atoms with Crippen LogP contribution >= 0.6 is 0 Å². The lowest BCUT2D eigenvalue weighted by molar-refractivity contribution is 0.356. The highest BCUT2D eigenvalue weighted by Gasteiger charge is 2.20. The second kappa shape index (κ2) is 5.01. The summed E-state index contributed by atoms with van der Waals surface area (Å²) in [5.41, 5.74) is 1.69. The minimum atomic E-state index is -0.526. The van der Waals surface area contributed by atoms with Gasteiger partial charge in [-0.1, -0.05) is 0 Å². The maximum atomic E-state index is 14.1. The van der Waals surface area contributed by atoms with E-state index in [-0.39, 0.29) is 11.5 Å². The molecule has 4 rings (SSSR count). The lowest BCUT2D eigenvalue weighted by atomic mass is 10.00. The first-order chi connectivity index (χ1) is 10.7. The van der Waals surface area contributed by atoms with Gasteiger partial charge in [-0.2, -0.15) is 0 Å². The number of halogens is 2. The van der Waals surface area contributed by atoms with Gasteiger partial charge >= 0.3 is 0 Å². The Morgan fingerprint density at radius 1 is 1.18 bits per heavy atom. The van der Waals surface area contributed by atoms with Gasteiger partial charge in [0, 0.05) is 18.4 Å². The molecule has 0 N–H and O–H groups in total. The second-order valence-electron chi connectivity index (χ2n) is 5.15. The van der Waals surface area contributed by atoms with Gasteiger partial charge in [0.2, 0.25) is 0 Å². The molecule has 0 bridgehead atoms. The zero-order chi connectivity index (χ0) is 15.1. The van der Waals surface area contributed by atoms with Gasteiger partial charge in [-0.25, -0.2) is 13.8 Å². The molecular weight excluding hydrogens is 290 g/mol. The summed E-state index contributed by atoms with van der Waals surface area (Å²) in [6.45, 7) is 0.580. The summed E-state index contributed by atoms with van der Waals surface area (Å²) in [5, 5.41) is 7.41. The molecule has 0 radical (unpaired) electrons. The number of aromatic nitrogens is 4. The minimum Gasteiger partial charge on any atom is -0.493 e. The van der Waals surface area contributed by atoms with Gasteiger partial charge in [0.25, 0.3) is 0 Å². The lowest BCUT2D eigenvalue weighted by Crippen LogP contribution is -2.06. The first kappa shape index (κ1) is 13.1. The Morgan fingerprint density at radius 2 is 2.09 bits per heavy atom. The molecule has 0 atom stereocenters. The third kappa shape index (κ3) is 2.01. The summed E-state index contributed by atoms with van der Waals surface area (Å²) < 4.78 is 34.6. The molecule has 22 heavy (non-hydrogen) atoms. The predicted molar refractivity (Wildman–Crippen MR) is 73.7 cm³/mol. The fraction of sp³-hybridized carbons (Fsp3) is 0.267. The topological polar surface area (TPSA) is 52.3 Å². The molecule has 112 valence electrons. The Kier molecular flexibility index (Phi) is 2.99. The standard InChI is InChI=1S/C15H12F2N4O/c16-11-2-3-13-10(5-6-22-13)9(11)1-4-14-18-7-12(17)15-20-19-8-21(14)15/h2-3,7-8H,1,4-6H2. The van der Waals surface area contributed by atoms with E-state index in [1.165, 1.54) is 16.8 Å². The van der Waals surface area contributed by atoms with E-state index >= 15 is 0 Å². The molecule has 1 aliphatic rings. The molecule has 1 aromatic carbocycles. The van der Waals surface area contributed by atoms with Crippen LogP contribution in [0.5, 0.6) is 5.75 Å². The lowest BCUT2D eigenvalue weighted by Gasteiger charge is -2.09. The average Bonchev–Trinajstić information content (AvgIpc) is 3.17. The van der Waals surface area contributed by atoms with Crippen molar-refractivity contribution in [1.82, 2.24) is 19.6 Å². The Balaban J connectivity index is 1.67. The second-order valence-corrected chi connectivity index (χ2v) is 5.15. The van der Waals surface area contributed by atoms with Crippen LogP contribution in [0.15, 0.2) is 24.7 Å². The van der Waals surface area contributed by atoms with Crippen LogP contribution in [-0.2, 0) is 19.3 Å². The minimum absolute atomic E-state index is 0.132. The molecule has 3 aromatic rings. The third-order valence-corrected chi connectivity index (χ3v) is 3.91. The smallest absolute Gasteiger partial charge is 0.199 e. The summed E-state index contributed by atoms with van der Waals surface area (Å²) in [6, 6.07) is 3.08. The first-order valence-electron chi connectivity index (χ1n) is 7.00. The summed E-state index contributed by atoms with van der Waals surface area (Å²) in [4.78, 5) is 4.07. The van der Waals surface area contributed by atoms with Crippen molar-refractivity contribution in [2.75, 3.05) is 6.61 Å². The SMILES string of the molecule is Fc1ccc2c(c1CCc1ncc(F)c3nncn13)CCO2. The number of fused-ring (bicyclic) bond motifs is 2. The van der Waals surface area contributed by atoms with Crippen molar-refractivity contribution in [2.24, 2.45) is 0 Å². The van der Waals surface area contributed by atoms with Crippen LogP contribution in [0.3, 0.4) is 0 Å². The van der Waals surface area contributed by atoms with E-state index < -0.39 is 5.82 Å². The maximum Gasteiger partial charge on any atom is 0.199 e. The monoisotopic (exact) mass is 302 g/mol. The van der Waals surface area contributed by atoms with Crippen LogP contribution in [-0.4, -0.2) is 26.2 Å². The molecule has 0 spiro atoms. The number of ether oxygens (including phenoxy) is 1. The molecule has 0 unspecified atom stereocenters. The molecule has 7 heteroatoms. The fourth-order valence-electron chi connectivity index (χ4n) is 2.85. The highest BCUT2D eigenvalue weighted by molar-refractivity contribution is 5.44. The van der Waals surface area contributed by atoms with Crippen molar-refractivity contribution in [1.29, 1.82) is 0 Å². The third-order valence-electron chi connectivity index (χ3n) is 3.91. The van der Waals surface area contributed by atoms with Gasteiger partial charge in [0.15, 0.2) is 11.5 Å². The van der Waals surface area contributed by atoms with Crippen LogP contribution in [0, 0.1) is 11.6 Å². The van der Waals surface area contributed by atoms with Crippen LogP contribution in [0.4, 0.5) is 8.78 Å². The Bertz CT molecular complexity index is 862. The molecule has 0 saturated heterocycles. The van der Waals surface area contributed by atoms with Gasteiger partial charge in [-0.15, -0.1) is 10.2 Å². The zero-order valence-corrected chi connectivity index (χ0v) is 11.6. The molecule has 0 fully saturated rings. The molecule has 1 aliphatic heterocycles. The Hall–Kier alpha value is -2.57. The predicted octanol–water partition coefficient (Wildman–Crippen LogP) is 2.12. The van der Waals surface area contributed by atoms with Crippen molar-refractivity contribution < 1.29 is 13.5 Å². The van der Waals surface area contributed by atoms with E-state index in [0.717, 1.165) is 17.5 Å². The van der Waals surface area contributed by atoms with Gasteiger partial charge in [-0.3, -0.25) is 4.40 Å². The molecule has 5 nitrogen and oxygen atoms in total. The summed E-state index contributed by atoms with van der Waals surface area (Å²) in [5.74, 6) is 0.572. The Labute approximate surface area is 124 Å². The van der Waals surface area contributed by atoms with Gasteiger partial charge < -0.3 is 4.74 Å². The fourth-order valence-corrected chi connectivity index (χ4v) is 2.85. The highest BCUT2D eigenvalue weighted by atomic mass is 19.1. The first-order valence-corrected chi connectivity index (χ1v) is 7.00. The molecule has 2 aromatic heterocycles. The van der Waals surface area contributed by atoms with Crippen molar-refractivity contribution in [3.63, 3.8) is 0 Å². The number of hydrogen-bond acceptors (Lipinski definition) is 4. The molecule has 0 aliphatic carbocycles.